The molecule has 148 valence electrons. The summed E-state index contributed by atoms with van der Waals surface area (Å²) in [5, 5.41) is 11.0. The van der Waals surface area contributed by atoms with E-state index in [2.05, 4.69) is 15.6 Å². The lowest BCUT2D eigenvalue weighted by Crippen LogP contribution is -2.52. The minimum atomic E-state index is -0.801. The van der Waals surface area contributed by atoms with Crippen LogP contribution in [0.2, 0.25) is 0 Å². The van der Waals surface area contributed by atoms with Gasteiger partial charge in [0.25, 0.3) is 5.91 Å². The van der Waals surface area contributed by atoms with Crippen LogP contribution in [-0.2, 0) is 11.3 Å². The zero-order valence-electron chi connectivity index (χ0n) is 15.7. The van der Waals surface area contributed by atoms with E-state index < -0.39 is 6.04 Å². The summed E-state index contributed by atoms with van der Waals surface area (Å²) in [4.78, 5) is 27.0. The van der Waals surface area contributed by atoms with Crippen LogP contribution in [-0.4, -0.2) is 44.8 Å². The second-order valence-electron chi connectivity index (χ2n) is 7.57. The highest BCUT2D eigenvalue weighted by Gasteiger charge is 2.35. The second-order valence-corrected chi connectivity index (χ2v) is 7.57. The van der Waals surface area contributed by atoms with E-state index in [4.69, 9.17) is 0 Å². The molecular weight excluding hydrogens is 361 g/mol. The van der Waals surface area contributed by atoms with Gasteiger partial charge in [-0.2, -0.15) is 0 Å². The number of halogens is 1. The Morgan fingerprint density at radius 1 is 1.18 bits per heavy atom. The molecule has 1 aliphatic heterocycles. The van der Waals surface area contributed by atoms with Crippen molar-refractivity contribution in [3.05, 3.63) is 47.5 Å². The molecule has 0 bridgehead atoms. The fraction of sp³-hybridized carbons (Fsp3) is 0.500. The summed E-state index contributed by atoms with van der Waals surface area (Å²) in [5.41, 5.74) is 0.805. The Morgan fingerprint density at radius 2 is 1.93 bits per heavy atom. The number of nitrogens with zero attached hydrogens (tertiary/aromatic N) is 4. The maximum absolute atomic E-state index is 13.3. The number of hydrogen-bond acceptors (Lipinski definition) is 4. The van der Waals surface area contributed by atoms with Crippen molar-refractivity contribution in [3.63, 3.8) is 0 Å². The highest BCUT2D eigenvalue weighted by atomic mass is 19.1. The minimum Gasteiger partial charge on any atom is -0.352 e. The summed E-state index contributed by atoms with van der Waals surface area (Å²) in [7, 11) is 0. The van der Waals surface area contributed by atoms with Crippen LogP contribution in [0.5, 0.6) is 0 Å². The van der Waals surface area contributed by atoms with Gasteiger partial charge in [0.05, 0.1) is 6.20 Å². The number of rotatable bonds is 4. The van der Waals surface area contributed by atoms with Gasteiger partial charge in [0, 0.05) is 19.6 Å². The number of amides is 2. The van der Waals surface area contributed by atoms with Crippen LogP contribution in [0.4, 0.5) is 4.39 Å². The number of nitrogens with one attached hydrogen (secondary N) is 1. The third kappa shape index (κ3) is 3.90. The average Bonchev–Trinajstić information content (AvgIpc) is 3.17. The van der Waals surface area contributed by atoms with Gasteiger partial charge in [0.2, 0.25) is 5.91 Å². The molecule has 0 spiro atoms. The zero-order chi connectivity index (χ0) is 19.5. The van der Waals surface area contributed by atoms with Crippen LogP contribution >= 0.6 is 0 Å². The molecule has 2 heterocycles. The molecule has 1 aliphatic carbocycles. The predicted octanol–water partition coefficient (Wildman–Crippen LogP) is 2.31. The topological polar surface area (TPSA) is 80.1 Å². The minimum absolute atomic E-state index is 0.234. The molecule has 28 heavy (non-hydrogen) atoms. The predicted molar refractivity (Wildman–Crippen MR) is 99.8 cm³/mol. The summed E-state index contributed by atoms with van der Waals surface area (Å²) >= 11 is 0. The van der Waals surface area contributed by atoms with Crippen molar-refractivity contribution < 1.29 is 14.0 Å². The molecule has 2 aromatic rings. The van der Waals surface area contributed by atoms with Crippen LogP contribution in [0.1, 0.15) is 54.2 Å². The van der Waals surface area contributed by atoms with Gasteiger partial charge < -0.3 is 10.2 Å². The molecule has 1 unspecified atom stereocenters. The van der Waals surface area contributed by atoms with Gasteiger partial charge in [0.15, 0.2) is 5.69 Å². The van der Waals surface area contributed by atoms with E-state index in [1.807, 2.05) is 0 Å². The van der Waals surface area contributed by atoms with E-state index in [1.165, 1.54) is 61.3 Å². The standard InChI is InChI=1S/C20H24FN5O2/c21-16-8-6-15(7-9-16)18-19(27)22-10-11-26(18)20(28)17-13-25(24-23-17)12-14-4-2-1-3-5-14/h6-9,13-14,18H,1-5,10-12H2,(H,22,27). The van der Waals surface area contributed by atoms with Gasteiger partial charge in [-0.05, 0) is 36.5 Å². The molecule has 1 aromatic heterocycles. The number of benzene rings is 1. The first-order chi connectivity index (χ1) is 13.6. The Bertz CT molecular complexity index is 845. The van der Waals surface area contributed by atoms with E-state index in [9.17, 15) is 14.0 Å². The van der Waals surface area contributed by atoms with E-state index in [1.54, 1.807) is 10.9 Å². The van der Waals surface area contributed by atoms with Crippen LogP contribution in [0.15, 0.2) is 30.5 Å². The summed E-state index contributed by atoms with van der Waals surface area (Å²) < 4.78 is 15.0. The van der Waals surface area contributed by atoms with Crippen molar-refractivity contribution in [3.8, 4) is 0 Å². The molecule has 0 radical (unpaired) electrons. The SMILES string of the molecule is O=C1NCCN(C(=O)c2cn(CC3CCCCC3)nn2)C1c1ccc(F)cc1. The van der Waals surface area contributed by atoms with Gasteiger partial charge in [-0.3, -0.25) is 14.3 Å². The number of carbonyl (C=O) groups is 2. The maximum Gasteiger partial charge on any atom is 0.277 e. The van der Waals surface area contributed by atoms with Crippen LogP contribution in [0.25, 0.3) is 0 Å². The second kappa shape index (κ2) is 8.08. The molecule has 1 saturated carbocycles. The molecule has 2 aliphatic rings. The van der Waals surface area contributed by atoms with Gasteiger partial charge >= 0.3 is 0 Å². The summed E-state index contributed by atoms with van der Waals surface area (Å²) in [6, 6.07) is 4.85. The molecule has 1 aromatic carbocycles. The van der Waals surface area contributed by atoms with Crippen LogP contribution < -0.4 is 5.32 Å². The Kier molecular flexibility index (Phi) is 5.36. The lowest BCUT2D eigenvalue weighted by Gasteiger charge is -2.34. The Morgan fingerprint density at radius 3 is 2.68 bits per heavy atom. The van der Waals surface area contributed by atoms with Crippen molar-refractivity contribution in [1.29, 1.82) is 0 Å². The molecule has 8 heteroatoms. The van der Waals surface area contributed by atoms with E-state index in [0.29, 0.717) is 24.6 Å². The quantitative estimate of drug-likeness (QED) is 0.876. The van der Waals surface area contributed by atoms with E-state index >= 15 is 0 Å². The largest absolute Gasteiger partial charge is 0.352 e. The van der Waals surface area contributed by atoms with Gasteiger partial charge in [0.1, 0.15) is 11.9 Å². The molecule has 2 fully saturated rings. The third-order valence-corrected chi connectivity index (χ3v) is 5.59. The zero-order valence-corrected chi connectivity index (χ0v) is 15.7. The van der Waals surface area contributed by atoms with Gasteiger partial charge in [-0.25, -0.2) is 4.39 Å². The molecule has 2 amide bonds. The van der Waals surface area contributed by atoms with Crippen molar-refractivity contribution in [2.75, 3.05) is 13.1 Å². The first kappa shape index (κ1) is 18.6. The van der Waals surface area contributed by atoms with E-state index in [0.717, 1.165) is 6.54 Å². The molecule has 4 rings (SSSR count). The normalized spacial score (nSPS) is 20.8. The fourth-order valence-corrected chi connectivity index (χ4v) is 4.13. The van der Waals surface area contributed by atoms with E-state index in [-0.39, 0.29) is 23.3 Å². The monoisotopic (exact) mass is 385 g/mol. The smallest absolute Gasteiger partial charge is 0.277 e. The van der Waals surface area contributed by atoms with Crippen LogP contribution in [0.3, 0.4) is 0 Å². The highest BCUT2D eigenvalue weighted by Crippen LogP contribution is 2.26. The third-order valence-electron chi connectivity index (χ3n) is 5.59. The lowest BCUT2D eigenvalue weighted by atomic mass is 9.89. The number of carbonyl (C=O) groups excluding carboxylic acids is 2. The first-order valence-electron chi connectivity index (χ1n) is 9.86. The maximum atomic E-state index is 13.3. The summed E-state index contributed by atoms with van der Waals surface area (Å²) in [6.45, 7) is 1.50. The van der Waals surface area contributed by atoms with Crippen molar-refractivity contribution in [2.24, 2.45) is 5.92 Å². The number of aromatic nitrogens is 3. The molecular formula is C20H24FN5O2. The van der Waals surface area contributed by atoms with Crippen LogP contribution in [0, 0.1) is 11.7 Å². The average molecular weight is 385 g/mol. The molecule has 1 atom stereocenters. The molecule has 7 nitrogen and oxygen atoms in total. The van der Waals surface area contributed by atoms with Crippen molar-refractivity contribution in [2.45, 2.75) is 44.7 Å². The first-order valence-corrected chi connectivity index (χ1v) is 9.86. The molecule has 1 saturated heterocycles. The van der Waals surface area contributed by atoms with Crippen molar-refractivity contribution in [1.82, 2.24) is 25.2 Å². The van der Waals surface area contributed by atoms with Crippen molar-refractivity contribution >= 4 is 11.8 Å². The molecule has 1 N–H and O–H groups in total. The van der Waals surface area contributed by atoms with Gasteiger partial charge in [-0.1, -0.05) is 36.6 Å². The number of piperazine rings is 1. The number of hydrogen-bond donors (Lipinski definition) is 1. The summed E-state index contributed by atoms with van der Waals surface area (Å²) in [6.07, 6.45) is 7.81. The fourth-order valence-electron chi connectivity index (χ4n) is 4.13. The summed E-state index contributed by atoms with van der Waals surface area (Å²) in [5.74, 6) is -0.422. The highest BCUT2D eigenvalue weighted by molar-refractivity contribution is 5.97. The Hall–Kier alpha value is -2.77. The lowest BCUT2D eigenvalue weighted by molar-refractivity contribution is -0.128. The van der Waals surface area contributed by atoms with Gasteiger partial charge in [-0.15, -0.1) is 5.10 Å². The Labute approximate surface area is 162 Å². The Balaban J connectivity index is 1.52.